The van der Waals surface area contributed by atoms with Gasteiger partial charge in [0.05, 0.1) is 11.3 Å². The molecule has 7 heteroatoms. The number of pyridine rings is 1. The first kappa shape index (κ1) is 24.1. The van der Waals surface area contributed by atoms with E-state index in [4.69, 9.17) is 4.74 Å². The third-order valence-corrected chi connectivity index (χ3v) is 6.74. The molecule has 0 saturated carbocycles. The van der Waals surface area contributed by atoms with Crippen LogP contribution in [-0.2, 0) is 4.74 Å². The second-order valence-corrected chi connectivity index (χ2v) is 10.4. The molecule has 1 fully saturated rings. The van der Waals surface area contributed by atoms with Gasteiger partial charge in [-0.25, -0.2) is 4.79 Å². The molecule has 1 aliphatic heterocycles. The number of para-hydroxylation sites is 1. The zero-order chi connectivity index (χ0) is 24.1. The standard InChI is InChI=1S/C27H31N3O3S/c1-27(2,3)33-26(32)30-16-6-15-29(17-18-30)21-11-9-20(10-12-21)24(31)19-34-25-13-14-28-23-8-5-4-7-22(23)25/h4-5,7-14H,6,15-19H2,1-3H3. The molecule has 4 rings (SSSR count). The average molecular weight is 478 g/mol. The predicted octanol–water partition coefficient (Wildman–Crippen LogP) is 5.66. The lowest BCUT2D eigenvalue weighted by Gasteiger charge is -2.27. The van der Waals surface area contributed by atoms with E-state index in [0.29, 0.717) is 24.4 Å². The Labute approximate surface area is 205 Å². The fourth-order valence-corrected chi connectivity index (χ4v) is 4.90. The monoisotopic (exact) mass is 477 g/mol. The molecule has 2 heterocycles. The maximum atomic E-state index is 12.8. The number of hydrogen-bond acceptors (Lipinski definition) is 6. The van der Waals surface area contributed by atoms with Crippen LogP contribution in [0, 0.1) is 0 Å². The Kier molecular flexibility index (Phi) is 7.41. The van der Waals surface area contributed by atoms with E-state index in [1.54, 1.807) is 22.9 Å². The molecule has 0 aliphatic carbocycles. The first-order chi connectivity index (χ1) is 16.3. The summed E-state index contributed by atoms with van der Waals surface area (Å²) in [4.78, 5) is 34.7. The van der Waals surface area contributed by atoms with Crippen molar-refractivity contribution in [3.63, 3.8) is 0 Å². The number of fused-ring (bicyclic) bond motifs is 1. The van der Waals surface area contributed by atoms with Crippen molar-refractivity contribution in [2.24, 2.45) is 0 Å². The SMILES string of the molecule is CC(C)(C)OC(=O)N1CCCN(c2ccc(C(=O)CSc3ccnc4ccccc34)cc2)CC1. The smallest absolute Gasteiger partial charge is 0.410 e. The molecular formula is C27H31N3O3S. The molecule has 0 atom stereocenters. The van der Waals surface area contributed by atoms with Gasteiger partial charge in [0.2, 0.25) is 0 Å². The molecule has 34 heavy (non-hydrogen) atoms. The third-order valence-electron chi connectivity index (χ3n) is 5.67. The first-order valence-electron chi connectivity index (χ1n) is 11.6. The fourth-order valence-electron chi connectivity index (χ4n) is 3.96. The number of amides is 1. The molecule has 0 N–H and O–H groups in total. The Balaban J connectivity index is 1.34. The minimum Gasteiger partial charge on any atom is -0.444 e. The minimum absolute atomic E-state index is 0.101. The number of nitrogens with zero attached hydrogens (tertiary/aromatic N) is 3. The second kappa shape index (κ2) is 10.5. The number of anilines is 1. The fraction of sp³-hybridized carbons (Fsp3) is 0.370. The van der Waals surface area contributed by atoms with Crippen LogP contribution in [0.5, 0.6) is 0 Å². The summed E-state index contributed by atoms with van der Waals surface area (Å²) in [7, 11) is 0. The van der Waals surface area contributed by atoms with Crippen LogP contribution in [-0.4, -0.2) is 59.3 Å². The van der Waals surface area contributed by atoms with E-state index in [-0.39, 0.29) is 11.9 Å². The van der Waals surface area contributed by atoms with Crippen molar-refractivity contribution in [1.82, 2.24) is 9.88 Å². The maximum absolute atomic E-state index is 12.8. The molecule has 1 aromatic heterocycles. The number of rotatable bonds is 5. The number of ether oxygens (including phenoxy) is 1. The minimum atomic E-state index is -0.492. The topological polar surface area (TPSA) is 62.7 Å². The summed E-state index contributed by atoms with van der Waals surface area (Å²) < 4.78 is 5.52. The third kappa shape index (κ3) is 6.08. The van der Waals surface area contributed by atoms with Gasteiger partial charge in [0.15, 0.2) is 5.78 Å². The van der Waals surface area contributed by atoms with Gasteiger partial charge in [0.25, 0.3) is 0 Å². The van der Waals surface area contributed by atoms with Crippen molar-refractivity contribution in [3.8, 4) is 0 Å². The van der Waals surface area contributed by atoms with Gasteiger partial charge in [-0.1, -0.05) is 18.2 Å². The summed E-state index contributed by atoms with van der Waals surface area (Å²) in [6.07, 6.45) is 2.40. The highest BCUT2D eigenvalue weighted by Crippen LogP contribution is 2.27. The van der Waals surface area contributed by atoms with E-state index in [2.05, 4.69) is 9.88 Å². The molecule has 2 aromatic carbocycles. The Hall–Kier alpha value is -3.06. The van der Waals surface area contributed by atoms with E-state index in [9.17, 15) is 9.59 Å². The molecule has 0 radical (unpaired) electrons. The Bertz CT molecular complexity index is 1150. The summed E-state index contributed by atoms with van der Waals surface area (Å²) in [5.41, 5.74) is 2.22. The van der Waals surface area contributed by atoms with Gasteiger partial charge in [-0.2, -0.15) is 0 Å². The lowest BCUT2D eigenvalue weighted by atomic mass is 10.1. The summed E-state index contributed by atoms with van der Waals surface area (Å²) in [6, 6.07) is 17.7. The quantitative estimate of drug-likeness (QED) is 0.349. The van der Waals surface area contributed by atoms with Crippen molar-refractivity contribution in [1.29, 1.82) is 0 Å². The molecule has 0 bridgehead atoms. The van der Waals surface area contributed by atoms with Gasteiger partial charge >= 0.3 is 6.09 Å². The van der Waals surface area contributed by atoms with E-state index < -0.39 is 5.60 Å². The number of thioether (sulfide) groups is 1. The Morgan fingerprint density at radius 1 is 0.971 bits per heavy atom. The molecule has 1 amide bonds. The Morgan fingerprint density at radius 3 is 2.50 bits per heavy atom. The van der Waals surface area contributed by atoms with Crippen LogP contribution in [0.4, 0.5) is 10.5 Å². The highest BCUT2D eigenvalue weighted by molar-refractivity contribution is 8.00. The van der Waals surface area contributed by atoms with Gasteiger partial charge in [-0.15, -0.1) is 11.8 Å². The molecular weight excluding hydrogens is 446 g/mol. The average Bonchev–Trinajstić information content (AvgIpc) is 3.08. The van der Waals surface area contributed by atoms with Crippen LogP contribution in [0.3, 0.4) is 0 Å². The van der Waals surface area contributed by atoms with Crippen LogP contribution in [0.1, 0.15) is 37.6 Å². The van der Waals surface area contributed by atoms with Crippen LogP contribution in [0.15, 0.2) is 65.7 Å². The number of hydrogen-bond donors (Lipinski definition) is 0. The van der Waals surface area contributed by atoms with Crippen molar-refractivity contribution in [3.05, 3.63) is 66.4 Å². The Morgan fingerprint density at radius 2 is 1.74 bits per heavy atom. The molecule has 3 aromatic rings. The lowest BCUT2D eigenvalue weighted by molar-refractivity contribution is 0.0263. The maximum Gasteiger partial charge on any atom is 0.410 e. The summed E-state index contributed by atoms with van der Waals surface area (Å²) in [5, 5.41) is 1.07. The second-order valence-electron chi connectivity index (χ2n) is 9.39. The van der Waals surface area contributed by atoms with Crippen LogP contribution in [0.2, 0.25) is 0 Å². The van der Waals surface area contributed by atoms with Crippen LogP contribution < -0.4 is 4.90 Å². The zero-order valence-corrected chi connectivity index (χ0v) is 20.8. The van der Waals surface area contributed by atoms with Crippen molar-refractivity contribution in [2.45, 2.75) is 37.7 Å². The number of carbonyl (C=O) groups excluding carboxylic acids is 2. The van der Waals surface area contributed by atoms with Gasteiger partial charge < -0.3 is 14.5 Å². The number of ketones is 1. The molecule has 0 unspecified atom stereocenters. The van der Waals surface area contributed by atoms with Crippen molar-refractivity contribution in [2.75, 3.05) is 36.8 Å². The van der Waals surface area contributed by atoms with Crippen LogP contribution in [0.25, 0.3) is 10.9 Å². The largest absolute Gasteiger partial charge is 0.444 e. The predicted molar refractivity (Wildman–Crippen MR) is 138 cm³/mol. The number of Topliss-reactive ketones (excluding diaryl/α,β-unsaturated/α-hetero) is 1. The first-order valence-corrected chi connectivity index (χ1v) is 12.6. The van der Waals surface area contributed by atoms with Crippen LogP contribution >= 0.6 is 11.8 Å². The normalized spacial score (nSPS) is 14.7. The molecule has 178 valence electrons. The van der Waals surface area contributed by atoms with E-state index >= 15 is 0 Å². The lowest BCUT2D eigenvalue weighted by Crippen LogP contribution is -2.39. The van der Waals surface area contributed by atoms with Gasteiger partial charge in [0, 0.05) is 53.9 Å². The van der Waals surface area contributed by atoms with Gasteiger partial charge in [-0.05, 0) is 63.6 Å². The molecule has 1 saturated heterocycles. The molecule has 1 aliphatic rings. The van der Waals surface area contributed by atoms with E-state index in [0.717, 1.165) is 41.0 Å². The van der Waals surface area contributed by atoms with E-state index in [1.807, 2.05) is 75.4 Å². The summed E-state index contributed by atoms with van der Waals surface area (Å²) in [5.74, 6) is 0.478. The molecule has 0 spiro atoms. The summed E-state index contributed by atoms with van der Waals surface area (Å²) >= 11 is 1.55. The van der Waals surface area contributed by atoms with Gasteiger partial charge in [-0.3, -0.25) is 9.78 Å². The number of aromatic nitrogens is 1. The van der Waals surface area contributed by atoms with Gasteiger partial charge in [0.1, 0.15) is 5.60 Å². The summed E-state index contributed by atoms with van der Waals surface area (Å²) in [6.45, 7) is 8.55. The zero-order valence-electron chi connectivity index (χ0n) is 20.0. The number of carbonyl (C=O) groups is 2. The highest BCUT2D eigenvalue weighted by Gasteiger charge is 2.24. The molecule has 6 nitrogen and oxygen atoms in total. The van der Waals surface area contributed by atoms with E-state index in [1.165, 1.54) is 0 Å². The number of benzene rings is 2. The van der Waals surface area contributed by atoms with Crippen molar-refractivity contribution >= 4 is 40.2 Å². The van der Waals surface area contributed by atoms with Crippen molar-refractivity contribution < 1.29 is 14.3 Å². The highest BCUT2D eigenvalue weighted by atomic mass is 32.2.